The number of amides is 3. The number of hydrogen-bond acceptors (Lipinski definition) is 4. The minimum Gasteiger partial charge on any atom is -0.321 e. The van der Waals surface area contributed by atoms with Crippen LogP contribution < -0.4 is 10.2 Å². The molecule has 0 aliphatic carbocycles. The topological polar surface area (TPSA) is 79.4 Å². The highest BCUT2D eigenvalue weighted by atomic mass is 19.1. The number of carbonyl (C=O) groups is 3. The predicted octanol–water partition coefficient (Wildman–Crippen LogP) is 3.41. The standard InChI is InChI=1S/C20H11F2N3O3/c21-13-5-3-4-12-17(13)20(28)25(19(12)27)16-8-7-11(10-14(16)22)24-18(26)15-6-1-2-9-23-15/h1-10H,(H,24,26). The summed E-state index contributed by atoms with van der Waals surface area (Å²) in [4.78, 5) is 41.5. The van der Waals surface area contributed by atoms with Crippen LogP contribution in [0.4, 0.5) is 20.2 Å². The number of aromatic nitrogens is 1. The lowest BCUT2D eigenvalue weighted by Crippen LogP contribution is -2.30. The Morgan fingerprint density at radius 3 is 2.43 bits per heavy atom. The fourth-order valence-corrected chi connectivity index (χ4v) is 2.92. The lowest BCUT2D eigenvalue weighted by atomic mass is 10.1. The minimum atomic E-state index is -0.942. The van der Waals surface area contributed by atoms with E-state index in [1.54, 1.807) is 12.1 Å². The highest BCUT2D eigenvalue weighted by Crippen LogP contribution is 2.32. The van der Waals surface area contributed by atoms with Crippen molar-refractivity contribution in [1.82, 2.24) is 4.98 Å². The Hall–Kier alpha value is -3.94. The highest BCUT2D eigenvalue weighted by Gasteiger charge is 2.40. The van der Waals surface area contributed by atoms with Crippen LogP contribution >= 0.6 is 0 Å². The molecule has 1 aliphatic rings. The number of benzene rings is 2. The number of nitrogens with one attached hydrogen (secondary N) is 1. The molecule has 2 heterocycles. The molecular formula is C20H11F2N3O3. The fraction of sp³-hybridized carbons (Fsp3) is 0. The summed E-state index contributed by atoms with van der Waals surface area (Å²) >= 11 is 0. The average Bonchev–Trinajstić information content (AvgIpc) is 2.94. The van der Waals surface area contributed by atoms with Gasteiger partial charge in [0.2, 0.25) is 0 Å². The summed E-state index contributed by atoms with van der Waals surface area (Å²) in [6.45, 7) is 0. The van der Waals surface area contributed by atoms with Crippen molar-refractivity contribution in [2.75, 3.05) is 10.2 Å². The molecule has 6 nitrogen and oxygen atoms in total. The quantitative estimate of drug-likeness (QED) is 0.708. The van der Waals surface area contributed by atoms with Crippen LogP contribution in [0.5, 0.6) is 0 Å². The molecule has 1 N–H and O–H groups in total. The Kier molecular flexibility index (Phi) is 4.15. The second kappa shape index (κ2) is 6.66. The van der Waals surface area contributed by atoms with Gasteiger partial charge in [-0.25, -0.2) is 13.7 Å². The molecule has 0 spiro atoms. The molecule has 0 fully saturated rings. The molecule has 8 heteroatoms. The smallest absolute Gasteiger partial charge is 0.274 e. The summed E-state index contributed by atoms with van der Waals surface area (Å²) < 4.78 is 28.5. The molecule has 0 atom stereocenters. The molecule has 1 aliphatic heterocycles. The zero-order valence-corrected chi connectivity index (χ0v) is 14.1. The number of hydrogen-bond donors (Lipinski definition) is 1. The molecule has 0 saturated heterocycles. The normalized spacial score (nSPS) is 12.9. The van der Waals surface area contributed by atoms with Crippen LogP contribution in [-0.2, 0) is 0 Å². The Morgan fingerprint density at radius 1 is 0.929 bits per heavy atom. The summed E-state index contributed by atoms with van der Waals surface area (Å²) in [5.41, 5.74) is -0.597. The molecular weight excluding hydrogens is 368 g/mol. The third-order valence-corrected chi connectivity index (χ3v) is 4.21. The molecule has 0 bridgehead atoms. The van der Waals surface area contributed by atoms with E-state index in [9.17, 15) is 23.2 Å². The van der Waals surface area contributed by atoms with Gasteiger partial charge in [-0.2, -0.15) is 0 Å². The van der Waals surface area contributed by atoms with E-state index in [1.807, 2.05) is 0 Å². The Balaban J connectivity index is 1.63. The van der Waals surface area contributed by atoms with Crippen molar-refractivity contribution in [2.45, 2.75) is 0 Å². The number of nitrogens with zero attached hydrogens (tertiary/aromatic N) is 2. The molecule has 0 saturated carbocycles. The second-order valence-electron chi connectivity index (χ2n) is 5.94. The maximum Gasteiger partial charge on any atom is 0.274 e. The minimum absolute atomic E-state index is 0.111. The first-order valence-corrected chi connectivity index (χ1v) is 8.16. The number of fused-ring (bicyclic) bond motifs is 1. The molecule has 3 aromatic rings. The monoisotopic (exact) mass is 379 g/mol. The Labute approximate surface area is 157 Å². The zero-order valence-electron chi connectivity index (χ0n) is 14.1. The third-order valence-electron chi connectivity index (χ3n) is 4.21. The van der Waals surface area contributed by atoms with Crippen LogP contribution in [0.3, 0.4) is 0 Å². The SMILES string of the molecule is O=C(Nc1ccc(N2C(=O)c3cccc(F)c3C2=O)c(F)c1)c1ccccn1. The van der Waals surface area contributed by atoms with Crippen molar-refractivity contribution in [2.24, 2.45) is 0 Å². The summed E-state index contributed by atoms with van der Waals surface area (Å²) in [7, 11) is 0. The Morgan fingerprint density at radius 2 is 1.75 bits per heavy atom. The van der Waals surface area contributed by atoms with Gasteiger partial charge < -0.3 is 5.32 Å². The van der Waals surface area contributed by atoms with Gasteiger partial charge in [0.15, 0.2) is 0 Å². The molecule has 3 amide bonds. The molecule has 1 aromatic heterocycles. The zero-order chi connectivity index (χ0) is 19.8. The van der Waals surface area contributed by atoms with E-state index >= 15 is 0 Å². The van der Waals surface area contributed by atoms with E-state index in [-0.39, 0.29) is 28.2 Å². The summed E-state index contributed by atoms with van der Waals surface area (Å²) in [5.74, 6) is -4.08. The van der Waals surface area contributed by atoms with E-state index in [0.29, 0.717) is 4.90 Å². The average molecular weight is 379 g/mol. The van der Waals surface area contributed by atoms with Crippen LogP contribution in [0.2, 0.25) is 0 Å². The predicted molar refractivity (Wildman–Crippen MR) is 96.1 cm³/mol. The van der Waals surface area contributed by atoms with Gasteiger partial charge in [-0.15, -0.1) is 0 Å². The van der Waals surface area contributed by atoms with Crippen molar-refractivity contribution in [3.8, 4) is 0 Å². The van der Waals surface area contributed by atoms with Gasteiger partial charge >= 0.3 is 0 Å². The van der Waals surface area contributed by atoms with E-state index in [4.69, 9.17) is 0 Å². The first kappa shape index (κ1) is 17.5. The summed E-state index contributed by atoms with van der Waals surface area (Å²) in [6, 6.07) is 11.9. The molecule has 138 valence electrons. The van der Waals surface area contributed by atoms with Gasteiger partial charge in [0, 0.05) is 11.9 Å². The molecule has 0 radical (unpaired) electrons. The second-order valence-corrected chi connectivity index (χ2v) is 5.94. The van der Waals surface area contributed by atoms with Gasteiger partial charge in [0.05, 0.1) is 16.8 Å². The summed E-state index contributed by atoms with van der Waals surface area (Å²) in [6.07, 6.45) is 1.44. The molecule has 4 rings (SSSR count). The maximum absolute atomic E-state index is 14.6. The van der Waals surface area contributed by atoms with Gasteiger partial charge in [-0.05, 0) is 42.5 Å². The molecule has 0 unspecified atom stereocenters. The van der Waals surface area contributed by atoms with E-state index in [0.717, 1.165) is 12.1 Å². The fourth-order valence-electron chi connectivity index (χ4n) is 2.92. The number of rotatable bonds is 3. The van der Waals surface area contributed by atoms with Crippen LogP contribution in [0.1, 0.15) is 31.2 Å². The van der Waals surface area contributed by atoms with Gasteiger partial charge in [0.25, 0.3) is 17.7 Å². The molecule has 2 aromatic carbocycles. The lowest BCUT2D eigenvalue weighted by Gasteiger charge is -2.15. The Bertz CT molecular complexity index is 1130. The number of halogens is 2. The summed E-state index contributed by atoms with van der Waals surface area (Å²) in [5, 5.41) is 2.48. The van der Waals surface area contributed by atoms with Crippen LogP contribution in [-0.4, -0.2) is 22.7 Å². The van der Waals surface area contributed by atoms with Crippen LogP contribution in [0.25, 0.3) is 0 Å². The van der Waals surface area contributed by atoms with Crippen molar-refractivity contribution >= 4 is 29.1 Å². The van der Waals surface area contributed by atoms with Gasteiger partial charge in [-0.3, -0.25) is 19.4 Å². The lowest BCUT2D eigenvalue weighted by molar-refractivity contribution is 0.0922. The molecule has 28 heavy (non-hydrogen) atoms. The number of carbonyl (C=O) groups excluding carboxylic acids is 3. The van der Waals surface area contributed by atoms with E-state index < -0.39 is 29.4 Å². The third kappa shape index (κ3) is 2.81. The number of pyridine rings is 1. The van der Waals surface area contributed by atoms with E-state index in [1.165, 1.54) is 36.5 Å². The highest BCUT2D eigenvalue weighted by molar-refractivity contribution is 6.34. The number of imide groups is 1. The van der Waals surface area contributed by atoms with Crippen molar-refractivity contribution in [3.05, 3.63) is 89.2 Å². The number of anilines is 2. The van der Waals surface area contributed by atoms with Crippen molar-refractivity contribution in [1.29, 1.82) is 0 Å². The maximum atomic E-state index is 14.6. The van der Waals surface area contributed by atoms with Crippen LogP contribution in [0, 0.1) is 11.6 Å². The first-order valence-electron chi connectivity index (χ1n) is 8.16. The van der Waals surface area contributed by atoms with Crippen molar-refractivity contribution in [3.63, 3.8) is 0 Å². The van der Waals surface area contributed by atoms with Gasteiger partial charge in [0.1, 0.15) is 17.3 Å². The first-order chi connectivity index (χ1) is 13.5. The largest absolute Gasteiger partial charge is 0.321 e. The van der Waals surface area contributed by atoms with E-state index in [2.05, 4.69) is 10.3 Å². The van der Waals surface area contributed by atoms with Crippen molar-refractivity contribution < 1.29 is 23.2 Å². The van der Waals surface area contributed by atoms with Crippen LogP contribution in [0.15, 0.2) is 60.8 Å². The van der Waals surface area contributed by atoms with Gasteiger partial charge in [-0.1, -0.05) is 12.1 Å².